The zero-order valence-electron chi connectivity index (χ0n) is 61.6. The minimum atomic E-state index is -2.42. The van der Waals surface area contributed by atoms with Gasteiger partial charge in [0, 0.05) is 67.6 Å². The van der Waals surface area contributed by atoms with Crippen molar-refractivity contribution >= 4 is 51.9 Å². The van der Waals surface area contributed by atoms with Crippen molar-refractivity contribution in [1.82, 2.24) is 39.1 Å². The van der Waals surface area contributed by atoms with Crippen LogP contribution in [0.2, 0.25) is 0 Å². The summed E-state index contributed by atoms with van der Waals surface area (Å²) in [4.78, 5) is 82.3. The van der Waals surface area contributed by atoms with Gasteiger partial charge in [-0.2, -0.15) is 10.5 Å². The van der Waals surface area contributed by atoms with Crippen LogP contribution in [0.4, 0.5) is 5.82 Å². The molecular weight excluding hydrogens is 1430 g/mol. The highest BCUT2D eigenvalue weighted by Crippen LogP contribution is 2.53. The number of anilines is 1. The Kier molecular flexibility index (Phi) is 26.7. The fraction of sp³-hybridized carbons (Fsp3) is 0.375. The summed E-state index contributed by atoms with van der Waals surface area (Å²) in [7, 11) is -1.07. The van der Waals surface area contributed by atoms with E-state index in [-0.39, 0.29) is 125 Å². The summed E-state index contributed by atoms with van der Waals surface area (Å²) < 4.78 is 76.8. The number of aromatic nitrogens is 6. The van der Waals surface area contributed by atoms with Crippen LogP contribution in [0.5, 0.6) is 11.5 Å². The molecule has 3 N–H and O–H groups in total. The summed E-state index contributed by atoms with van der Waals surface area (Å²) in [6.45, 7) is 9.67. The molecule has 2 fully saturated rings. The Balaban J connectivity index is 0.775. The second kappa shape index (κ2) is 37.0. The van der Waals surface area contributed by atoms with E-state index in [1.807, 2.05) is 131 Å². The summed E-state index contributed by atoms with van der Waals surface area (Å²) in [5.41, 5.74) is 6.15. The van der Waals surface area contributed by atoms with E-state index in [0.717, 1.165) is 44.5 Å². The number of carbonyl (C=O) groups excluding carboxylic acids is 3. The van der Waals surface area contributed by atoms with Gasteiger partial charge in [0.05, 0.1) is 84.2 Å². The molecule has 0 spiro atoms. The van der Waals surface area contributed by atoms with Crippen LogP contribution in [-0.2, 0) is 63.3 Å². The van der Waals surface area contributed by atoms with Crippen LogP contribution < -0.4 is 31.4 Å². The Morgan fingerprint density at radius 2 is 1.27 bits per heavy atom. The molecule has 0 saturated carbocycles. The van der Waals surface area contributed by atoms with E-state index < -0.39 is 76.8 Å². The molecule has 9 aromatic rings. The van der Waals surface area contributed by atoms with Crippen molar-refractivity contribution in [2.24, 2.45) is 0 Å². The number of ether oxygens (including phenoxy) is 6. The van der Waals surface area contributed by atoms with Crippen molar-refractivity contribution in [3.8, 4) is 34.8 Å². The molecule has 6 aromatic carbocycles. The monoisotopic (exact) mass is 1520 g/mol. The Hall–Kier alpha value is -9.96. The lowest BCUT2D eigenvalue weighted by Gasteiger charge is -2.37. The second-order valence-corrected chi connectivity index (χ2v) is 29.4. The smallest absolute Gasteiger partial charge is 0.333 e. The second-order valence-electron chi connectivity index (χ2n) is 26.9. The number of H-pyrrole nitrogens is 1. The summed E-state index contributed by atoms with van der Waals surface area (Å²) in [6, 6.07) is 52.2. The molecule has 8 atom stereocenters. The minimum absolute atomic E-state index is 0.0274. The number of nitrogens with zero attached hydrogens (tertiary/aromatic N) is 8. The molecule has 2 aliphatic heterocycles. The maximum Gasteiger partial charge on any atom is 0.333 e. The van der Waals surface area contributed by atoms with Gasteiger partial charge in [0.1, 0.15) is 54.7 Å². The SMILES string of the molecule is COc1ccc(C(OC[C@H]2O[C@@H](n3cnc4c(NC(=O)c5ccc(CNC(=O)CCCC(=O)OCC6c7ccccc7-c7ccccc76)cc5)ncnc43)C[C@@H]2OP(OCCC#N)OCC2O[C@@H](n3cc(C)c(=O)[nH]c3=O)C[C@@H]2OP(OCCC#N)N(C(C)C)C(C)C)(c2ccccc2)c2ccc(OC)cc2)cc1. The quantitative estimate of drug-likeness (QED) is 0.0142. The Bertz CT molecular complexity index is 4700. The van der Waals surface area contributed by atoms with Crippen LogP contribution in [0.3, 0.4) is 0 Å². The van der Waals surface area contributed by atoms with Crippen LogP contribution >= 0.6 is 17.1 Å². The van der Waals surface area contributed by atoms with E-state index in [4.69, 9.17) is 56.0 Å². The number of hydrogen-bond acceptors (Lipinski definition) is 22. The summed E-state index contributed by atoms with van der Waals surface area (Å²) >= 11 is 0. The van der Waals surface area contributed by atoms with E-state index in [0.29, 0.717) is 29.1 Å². The molecule has 568 valence electrons. The van der Waals surface area contributed by atoms with Crippen LogP contribution in [0.15, 0.2) is 180 Å². The largest absolute Gasteiger partial charge is 0.497 e. The number of fused-ring (bicyclic) bond motifs is 4. The first kappa shape index (κ1) is 78.6. The van der Waals surface area contributed by atoms with Gasteiger partial charge in [-0.3, -0.25) is 33.3 Å². The van der Waals surface area contributed by atoms with Crippen LogP contribution in [0, 0.1) is 29.6 Å². The maximum atomic E-state index is 14.1. The van der Waals surface area contributed by atoms with Gasteiger partial charge in [0.15, 0.2) is 17.0 Å². The molecular formula is C80H87N11O16P2. The van der Waals surface area contributed by atoms with Crippen molar-refractivity contribution in [2.75, 3.05) is 52.6 Å². The first-order valence-corrected chi connectivity index (χ1v) is 38.3. The summed E-state index contributed by atoms with van der Waals surface area (Å²) in [5, 5.41) is 25.2. The number of nitriles is 2. The van der Waals surface area contributed by atoms with Gasteiger partial charge >= 0.3 is 20.3 Å². The predicted octanol–water partition coefficient (Wildman–Crippen LogP) is 12.9. The zero-order valence-corrected chi connectivity index (χ0v) is 63.3. The van der Waals surface area contributed by atoms with Crippen molar-refractivity contribution in [3.63, 3.8) is 0 Å². The van der Waals surface area contributed by atoms with E-state index >= 15 is 0 Å². The molecule has 27 nitrogen and oxygen atoms in total. The van der Waals surface area contributed by atoms with Gasteiger partial charge in [-0.05, 0) is 122 Å². The lowest BCUT2D eigenvalue weighted by molar-refractivity contribution is -0.144. The number of methoxy groups -OCH3 is 2. The normalized spacial score (nSPS) is 18.1. The topological polar surface area (TPSA) is 326 Å². The highest BCUT2D eigenvalue weighted by atomic mass is 31.2. The first-order chi connectivity index (χ1) is 53.0. The third-order valence-corrected chi connectivity index (χ3v) is 22.4. The highest BCUT2D eigenvalue weighted by molar-refractivity contribution is 7.44. The molecule has 1 aliphatic carbocycles. The summed E-state index contributed by atoms with van der Waals surface area (Å²) in [5.74, 6) is 0.226. The Labute approximate surface area is 633 Å². The number of esters is 1. The molecule has 109 heavy (non-hydrogen) atoms. The van der Waals surface area contributed by atoms with E-state index in [2.05, 4.69) is 66.7 Å². The molecule has 3 aliphatic rings. The number of imidazole rings is 1. The molecule has 3 unspecified atom stereocenters. The van der Waals surface area contributed by atoms with Gasteiger partial charge in [-0.25, -0.2) is 24.4 Å². The fourth-order valence-corrected chi connectivity index (χ4v) is 16.6. The summed E-state index contributed by atoms with van der Waals surface area (Å²) in [6.07, 6.45) is -0.258. The predicted molar refractivity (Wildman–Crippen MR) is 405 cm³/mol. The highest BCUT2D eigenvalue weighted by Gasteiger charge is 2.47. The standard InChI is InChI=1S/C80H87N11O16P2/c1-51(2)91(52(3)4)108(101-40-16-38-81)106-66-42-71(89-45-53(5)77(94)88-79(89)96)105-69(66)48-103-109(102-41-17-39-82)107-67-43-72(104-68(67)47-100-80(56-18-9-8-10-19-56,57-30-34-59(97-6)35-31-57)58-32-36-60(98-7)37-33-58)90-50-86-74-75(84-49-85-76(74)90)87-78(95)55-28-26-54(27-29-55)44-83-70(92)24-15-25-73(93)99-46-65-63-22-13-11-20-61(63)62-21-12-14-23-64(62)65/h8-14,18-23,26-37,45,49-52,65-69,71-72H,15-17,24-25,40-44,46-48H2,1-7H3,(H,83,92)(H,88,94,96)(H,84,85,87,95)/t66-,67-,68+,69?,71+,72+,108?,109?/m0/s1. The van der Waals surface area contributed by atoms with Crippen molar-refractivity contribution in [1.29, 1.82) is 10.5 Å². The molecule has 0 bridgehead atoms. The van der Waals surface area contributed by atoms with Crippen molar-refractivity contribution in [3.05, 3.63) is 236 Å². The molecule has 0 radical (unpaired) electrons. The molecule has 29 heteroatoms. The number of aryl methyl sites for hydroxylation is 1. The third kappa shape index (κ3) is 18.7. The van der Waals surface area contributed by atoms with Gasteiger partial charge < -0.3 is 61.7 Å². The number of rotatable bonds is 36. The zero-order chi connectivity index (χ0) is 76.6. The number of carbonyl (C=O) groups is 3. The molecule has 3 aromatic heterocycles. The average molecular weight is 1520 g/mol. The number of aromatic amines is 1. The van der Waals surface area contributed by atoms with Gasteiger partial charge in [0.25, 0.3) is 20.0 Å². The Morgan fingerprint density at radius 1 is 0.679 bits per heavy atom. The molecule has 12 rings (SSSR count). The van der Waals surface area contributed by atoms with Gasteiger partial charge in [-0.15, -0.1) is 0 Å². The van der Waals surface area contributed by atoms with Crippen molar-refractivity contribution < 1.29 is 65.4 Å². The average Bonchev–Trinajstić information content (AvgIpc) is 1.49. The molecule has 2 amide bonds. The van der Waals surface area contributed by atoms with Crippen LogP contribution in [-0.4, -0.2) is 135 Å². The lowest BCUT2D eigenvalue weighted by Crippen LogP contribution is -2.38. The number of amides is 2. The minimum Gasteiger partial charge on any atom is -0.497 e. The van der Waals surface area contributed by atoms with E-state index in [1.54, 1.807) is 50.0 Å². The van der Waals surface area contributed by atoms with E-state index in [9.17, 15) is 34.5 Å². The van der Waals surface area contributed by atoms with Gasteiger partial charge in [-0.1, -0.05) is 115 Å². The molecule has 2 saturated heterocycles. The lowest BCUT2D eigenvalue weighted by atomic mass is 9.80. The fourth-order valence-electron chi connectivity index (χ4n) is 13.7. The van der Waals surface area contributed by atoms with Crippen LogP contribution in [0.25, 0.3) is 22.3 Å². The Morgan fingerprint density at radius 3 is 1.89 bits per heavy atom. The third-order valence-electron chi connectivity index (χ3n) is 19.1. The van der Waals surface area contributed by atoms with Crippen molar-refractivity contribution in [2.45, 2.75) is 147 Å². The van der Waals surface area contributed by atoms with E-state index in [1.165, 1.54) is 23.4 Å². The number of hydrogen-bond donors (Lipinski definition) is 3. The molecule has 5 heterocycles. The van der Waals surface area contributed by atoms with Crippen LogP contribution in [0.1, 0.15) is 140 Å². The number of benzene rings is 6. The number of nitrogens with one attached hydrogen (secondary N) is 3. The first-order valence-electron chi connectivity index (χ1n) is 36.1. The maximum absolute atomic E-state index is 14.1. The van der Waals surface area contributed by atoms with Gasteiger partial charge in [0.2, 0.25) is 5.91 Å².